The van der Waals surface area contributed by atoms with Gasteiger partial charge in [0.1, 0.15) is 0 Å². The van der Waals surface area contributed by atoms with Crippen molar-refractivity contribution in [2.45, 2.75) is 12.8 Å². The van der Waals surface area contributed by atoms with Crippen LogP contribution in [-0.2, 0) is 9.59 Å². The highest BCUT2D eigenvalue weighted by Gasteiger charge is 2.36. The second-order valence-corrected chi connectivity index (χ2v) is 1.98. The van der Waals surface area contributed by atoms with E-state index < -0.39 is 17.7 Å². The average molecular weight is 130 g/mol. The van der Waals surface area contributed by atoms with Crippen molar-refractivity contribution in [3.05, 3.63) is 0 Å². The summed E-state index contributed by atoms with van der Waals surface area (Å²) in [5, 5.41) is 12.9. The lowest BCUT2D eigenvalue weighted by molar-refractivity contribution is -0.135. The molecule has 5 heteroatoms. The molecule has 3 N–H and O–H groups in total. The van der Waals surface area contributed by atoms with Gasteiger partial charge in [-0.05, 0) is 0 Å². The predicted octanol–water partition coefficient (Wildman–Crippen LogP) is -2.10. The van der Waals surface area contributed by atoms with Crippen LogP contribution in [0.2, 0.25) is 0 Å². The molecule has 0 unspecified atom stereocenters. The monoisotopic (exact) mass is 130 g/mol. The molecule has 1 heterocycles. The van der Waals surface area contributed by atoms with Gasteiger partial charge in [0.05, 0.1) is 0 Å². The summed E-state index contributed by atoms with van der Waals surface area (Å²) in [5.41, 5.74) is 0. The molecule has 0 spiro atoms. The molecule has 5 nitrogen and oxygen atoms in total. The first-order chi connectivity index (χ1) is 4.01. The zero-order valence-corrected chi connectivity index (χ0v) is 4.76. The van der Waals surface area contributed by atoms with Crippen LogP contribution in [0.3, 0.4) is 0 Å². The number of hydrogen-bond acceptors (Lipinski definition) is 3. The SMILES string of the molecule is CC1(O)NC(=O)C(=O)N1. The molecular weight excluding hydrogens is 124 g/mol. The van der Waals surface area contributed by atoms with E-state index in [-0.39, 0.29) is 0 Å². The normalized spacial score (nSPS) is 23.3. The first-order valence-corrected chi connectivity index (χ1v) is 2.38. The maximum absolute atomic E-state index is 10.3. The lowest BCUT2D eigenvalue weighted by Crippen LogP contribution is -2.46. The molecule has 0 aliphatic carbocycles. The van der Waals surface area contributed by atoms with Crippen LogP contribution in [0.1, 0.15) is 6.92 Å². The van der Waals surface area contributed by atoms with E-state index in [1.54, 1.807) is 0 Å². The molecule has 50 valence electrons. The van der Waals surface area contributed by atoms with Crippen molar-refractivity contribution >= 4 is 11.8 Å². The molecule has 0 saturated carbocycles. The van der Waals surface area contributed by atoms with Gasteiger partial charge in [-0.3, -0.25) is 9.59 Å². The van der Waals surface area contributed by atoms with Crippen LogP contribution >= 0.6 is 0 Å². The van der Waals surface area contributed by atoms with Gasteiger partial charge >= 0.3 is 11.8 Å². The van der Waals surface area contributed by atoms with Crippen molar-refractivity contribution < 1.29 is 14.7 Å². The molecule has 9 heavy (non-hydrogen) atoms. The van der Waals surface area contributed by atoms with Crippen LogP contribution in [-0.4, -0.2) is 22.8 Å². The Balaban J connectivity index is 2.76. The van der Waals surface area contributed by atoms with Crippen LogP contribution in [0.4, 0.5) is 0 Å². The molecule has 1 saturated heterocycles. The summed E-state index contributed by atoms with van der Waals surface area (Å²) in [7, 11) is 0. The maximum Gasteiger partial charge on any atom is 0.313 e. The Hall–Kier alpha value is -1.10. The third-order valence-electron chi connectivity index (χ3n) is 0.920. The minimum Gasteiger partial charge on any atom is -0.354 e. The van der Waals surface area contributed by atoms with Crippen molar-refractivity contribution in [3.63, 3.8) is 0 Å². The number of hydrogen-bond donors (Lipinski definition) is 3. The zero-order valence-electron chi connectivity index (χ0n) is 4.76. The predicted molar refractivity (Wildman–Crippen MR) is 26.9 cm³/mol. The molecule has 0 radical (unpaired) electrons. The Kier molecular flexibility index (Phi) is 0.967. The quantitative estimate of drug-likeness (QED) is 0.328. The van der Waals surface area contributed by atoms with E-state index in [1.807, 2.05) is 10.6 Å². The van der Waals surface area contributed by atoms with Gasteiger partial charge in [0, 0.05) is 6.92 Å². The van der Waals surface area contributed by atoms with Crippen molar-refractivity contribution in [1.82, 2.24) is 10.6 Å². The molecule has 1 rings (SSSR count). The van der Waals surface area contributed by atoms with E-state index in [1.165, 1.54) is 6.92 Å². The number of rotatable bonds is 0. The molecule has 1 aliphatic rings. The van der Waals surface area contributed by atoms with E-state index in [0.717, 1.165) is 0 Å². The van der Waals surface area contributed by atoms with Crippen molar-refractivity contribution in [3.8, 4) is 0 Å². The fourth-order valence-corrected chi connectivity index (χ4v) is 0.587. The summed E-state index contributed by atoms with van der Waals surface area (Å²) in [6.45, 7) is 1.27. The topological polar surface area (TPSA) is 78.4 Å². The highest BCUT2D eigenvalue weighted by molar-refractivity contribution is 6.37. The number of carbonyl (C=O) groups is 2. The molecular formula is C4H6N2O3. The number of aliphatic hydroxyl groups is 1. The van der Waals surface area contributed by atoms with Crippen LogP contribution in [0.15, 0.2) is 0 Å². The molecule has 2 amide bonds. The van der Waals surface area contributed by atoms with E-state index in [9.17, 15) is 9.59 Å². The van der Waals surface area contributed by atoms with E-state index in [0.29, 0.717) is 0 Å². The third kappa shape index (κ3) is 0.996. The Morgan fingerprint density at radius 1 is 1.33 bits per heavy atom. The fourth-order valence-electron chi connectivity index (χ4n) is 0.587. The second-order valence-electron chi connectivity index (χ2n) is 1.98. The van der Waals surface area contributed by atoms with Gasteiger partial charge in [-0.1, -0.05) is 0 Å². The van der Waals surface area contributed by atoms with Crippen LogP contribution < -0.4 is 10.6 Å². The van der Waals surface area contributed by atoms with E-state index in [4.69, 9.17) is 5.11 Å². The Bertz CT molecular complexity index is 157. The van der Waals surface area contributed by atoms with Gasteiger partial charge in [0.25, 0.3) is 0 Å². The minimum absolute atomic E-state index is 0.806. The second kappa shape index (κ2) is 1.44. The molecule has 0 aromatic heterocycles. The third-order valence-corrected chi connectivity index (χ3v) is 0.920. The minimum atomic E-state index is -1.56. The van der Waals surface area contributed by atoms with Crippen LogP contribution in [0.25, 0.3) is 0 Å². The molecule has 1 fully saturated rings. The molecule has 0 aromatic carbocycles. The number of nitrogens with one attached hydrogen (secondary N) is 2. The molecule has 1 aliphatic heterocycles. The summed E-state index contributed by atoms with van der Waals surface area (Å²) >= 11 is 0. The fraction of sp³-hybridized carbons (Fsp3) is 0.500. The summed E-state index contributed by atoms with van der Waals surface area (Å²) in [6, 6.07) is 0. The number of carbonyl (C=O) groups excluding carboxylic acids is 2. The molecule has 0 atom stereocenters. The highest BCUT2D eigenvalue weighted by Crippen LogP contribution is 1.97. The van der Waals surface area contributed by atoms with Gasteiger partial charge in [-0.15, -0.1) is 0 Å². The summed E-state index contributed by atoms with van der Waals surface area (Å²) in [6.07, 6.45) is 0. The largest absolute Gasteiger partial charge is 0.354 e. The van der Waals surface area contributed by atoms with Crippen molar-refractivity contribution in [1.29, 1.82) is 0 Å². The van der Waals surface area contributed by atoms with Gasteiger partial charge < -0.3 is 15.7 Å². The van der Waals surface area contributed by atoms with E-state index >= 15 is 0 Å². The van der Waals surface area contributed by atoms with E-state index in [2.05, 4.69) is 0 Å². The maximum atomic E-state index is 10.3. The first kappa shape index (κ1) is 6.03. The first-order valence-electron chi connectivity index (χ1n) is 2.38. The Labute approximate surface area is 51.0 Å². The molecule has 0 bridgehead atoms. The van der Waals surface area contributed by atoms with Crippen molar-refractivity contribution in [2.75, 3.05) is 0 Å². The van der Waals surface area contributed by atoms with Gasteiger partial charge in [0.15, 0.2) is 0 Å². The summed E-state index contributed by atoms with van der Waals surface area (Å²) < 4.78 is 0. The Morgan fingerprint density at radius 3 is 1.78 bits per heavy atom. The van der Waals surface area contributed by atoms with Gasteiger partial charge in [-0.25, -0.2) is 0 Å². The summed E-state index contributed by atoms with van der Waals surface area (Å²) in [5.74, 6) is -3.17. The smallest absolute Gasteiger partial charge is 0.313 e. The van der Waals surface area contributed by atoms with Gasteiger partial charge in [-0.2, -0.15) is 0 Å². The lowest BCUT2D eigenvalue weighted by atomic mass is 10.5. The zero-order chi connectivity index (χ0) is 7.07. The summed E-state index contributed by atoms with van der Waals surface area (Å²) in [4.78, 5) is 20.6. The standard InChI is InChI=1S/C4H6N2O3/c1-4(9)5-2(7)3(8)6-4/h9H,1H3,(H,5,7)(H,6,8). The molecule has 0 aromatic rings. The Morgan fingerprint density at radius 2 is 1.67 bits per heavy atom. The lowest BCUT2D eigenvalue weighted by Gasteiger charge is -2.13. The average Bonchev–Trinajstić information content (AvgIpc) is 1.79. The highest BCUT2D eigenvalue weighted by atomic mass is 16.3. The number of amides is 2. The van der Waals surface area contributed by atoms with Gasteiger partial charge in [0.2, 0.25) is 5.85 Å². The van der Waals surface area contributed by atoms with Crippen molar-refractivity contribution in [2.24, 2.45) is 0 Å². The van der Waals surface area contributed by atoms with Crippen LogP contribution in [0, 0.1) is 0 Å². The van der Waals surface area contributed by atoms with Crippen LogP contribution in [0.5, 0.6) is 0 Å².